The number of halogens is 1. The summed E-state index contributed by atoms with van der Waals surface area (Å²) in [7, 11) is 1.87. The van der Waals surface area contributed by atoms with Gasteiger partial charge in [0.15, 0.2) is 0 Å². The molecule has 4 rings (SSSR count). The molecule has 6 nitrogen and oxygen atoms in total. The Morgan fingerprint density at radius 1 is 1.16 bits per heavy atom. The zero-order chi connectivity index (χ0) is 22.5. The van der Waals surface area contributed by atoms with Crippen molar-refractivity contribution in [2.24, 2.45) is 0 Å². The minimum atomic E-state index is -0.238. The van der Waals surface area contributed by atoms with Crippen LogP contribution >= 0.6 is 0 Å². The van der Waals surface area contributed by atoms with Gasteiger partial charge in [0.2, 0.25) is 0 Å². The molecule has 2 aliphatic heterocycles. The highest BCUT2D eigenvalue weighted by atomic mass is 19.1. The van der Waals surface area contributed by atoms with Gasteiger partial charge in [0.1, 0.15) is 5.82 Å². The summed E-state index contributed by atoms with van der Waals surface area (Å²) in [6.07, 6.45) is 1.69. The Labute approximate surface area is 190 Å². The third-order valence-corrected chi connectivity index (χ3v) is 6.45. The van der Waals surface area contributed by atoms with Gasteiger partial charge >= 0.3 is 6.03 Å². The smallest absolute Gasteiger partial charge is 0.324 e. The number of para-hydroxylation sites is 1. The van der Waals surface area contributed by atoms with Gasteiger partial charge in [0, 0.05) is 69.8 Å². The standard InChI is InChI=1S/C25H34FN5O/c1-19-17-30(15-12-27-19)18-20-6-3-4-9-24(20)29(2)25(32)31-13-10-22(11-14-31)28-23-8-5-7-21(26)16-23/h3-9,16,19,22,27-28H,10-15,17-18H2,1-2H3/t19-/m0/s1. The first-order valence-electron chi connectivity index (χ1n) is 11.6. The topological polar surface area (TPSA) is 50.9 Å². The molecule has 7 heteroatoms. The van der Waals surface area contributed by atoms with Crippen molar-refractivity contribution in [1.29, 1.82) is 0 Å². The maximum atomic E-state index is 13.4. The van der Waals surface area contributed by atoms with Crippen molar-refractivity contribution in [3.05, 3.63) is 59.9 Å². The van der Waals surface area contributed by atoms with E-state index in [1.807, 2.05) is 36.2 Å². The number of carbonyl (C=O) groups excluding carboxylic acids is 1. The molecule has 2 N–H and O–H groups in total. The highest BCUT2D eigenvalue weighted by molar-refractivity contribution is 5.92. The van der Waals surface area contributed by atoms with Crippen molar-refractivity contribution in [1.82, 2.24) is 15.1 Å². The Balaban J connectivity index is 1.35. The summed E-state index contributed by atoms with van der Waals surface area (Å²) in [5.74, 6) is -0.238. The second-order valence-electron chi connectivity index (χ2n) is 8.98. The lowest BCUT2D eigenvalue weighted by Crippen LogP contribution is -2.49. The number of nitrogens with one attached hydrogen (secondary N) is 2. The number of nitrogens with zero attached hydrogens (tertiary/aromatic N) is 3. The first kappa shape index (κ1) is 22.6. The summed E-state index contributed by atoms with van der Waals surface area (Å²) >= 11 is 0. The van der Waals surface area contributed by atoms with Crippen molar-refractivity contribution >= 4 is 17.4 Å². The van der Waals surface area contributed by atoms with Gasteiger partial charge in [-0.3, -0.25) is 9.80 Å². The molecule has 0 bridgehead atoms. The maximum absolute atomic E-state index is 13.4. The fraction of sp³-hybridized carbons (Fsp3) is 0.480. The van der Waals surface area contributed by atoms with E-state index in [1.165, 1.54) is 17.7 Å². The van der Waals surface area contributed by atoms with Gasteiger partial charge in [0.05, 0.1) is 0 Å². The molecular weight excluding hydrogens is 405 g/mol. The summed E-state index contributed by atoms with van der Waals surface area (Å²) in [6.45, 7) is 7.46. The number of urea groups is 1. The lowest BCUT2D eigenvalue weighted by atomic mass is 10.0. The summed E-state index contributed by atoms with van der Waals surface area (Å²) in [6, 6.07) is 15.5. The SMILES string of the molecule is C[C@H]1CN(Cc2ccccc2N(C)C(=O)N2CCC(Nc3cccc(F)c3)CC2)CCN1. The largest absolute Gasteiger partial charge is 0.382 e. The number of piperidine rings is 1. The van der Waals surface area contributed by atoms with Crippen molar-refractivity contribution < 1.29 is 9.18 Å². The van der Waals surface area contributed by atoms with Crippen molar-refractivity contribution in [2.45, 2.75) is 38.4 Å². The number of anilines is 2. The minimum Gasteiger partial charge on any atom is -0.382 e. The van der Waals surface area contributed by atoms with Gasteiger partial charge in [-0.2, -0.15) is 0 Å². The molecular formula is C25H34FN5O. The van der Waals surface area contributed by atoms with Crippen LogP contribution in [0, 0.1) is 5.82 Å². The van der Waals surface area contributed by atoms with Crippen molar-refractivity contribution in [3.8, 4) is 0 Å². The Morgan fingerprint density at radius 3 is 2.69 bits per heavy atom. The molecule has 172 valence electrons. The van der Waals surface area contributed by atoms with E-state index in [0.717, 1.165) is 50.4 Å². The van der Waals surface area contributed by atoms with Crippen LogP contribution in [0.15, 0.2) is 48.5 Å². The number of rotatable bonds is 5. The predicted octanol–water partition coefficient (Wildman–Crippen LogP) is 3.75. The van der Waals surface area contributed by atoms with Crippen LogP contribution < -0.4 is 15.5 Å². The lowest BCUT2D eigenvalue weighted by Gasteiger charge is -2.36. The van der Waals surface area contributed by atoms with E-state index in [1.54, 1.807) is 11.0 Å². The molecule has 2 heterocycles. The highest BCUT2D eigenvalue weighted by Gasteiger charge is 2.27. The number of piperazine rings is 1. The molecule has 2 aliphatic rings. The van der Waals surface area contributed by atoms with Gasteiger partial charge in [-0.05, 0) is 49.6 Å². The van der Waals surface area contributed by atoms with Gasteiger partial charge in [-0.1, -0.05) is 24.3 Å². The van der Waals surface area contributed by atoms with Crippen LogP contribution in [0.5, 0.6) is 0 Å². The van der Waals surface area contributed by atoms with Crippen LogP contribution in [-0.4, -0.2) is 67.7 Å². The van der Waals surface area contributed by atoms with E-state index in [2.05, 4.69) is 28.5 Å². The third kappa shape index (κ3) is 5.58. The molecule has 32 heavy (non-hydrogen) atoms. The van der Waals surface area contributed by atoms with Crippen LogP contribution in [0.3, 0.4) is 0 Å². The van der Waals surface area contributed by atoms with E-state index in [9.17, 15) is 9.18 Å². The molecule has 2 aromatic carbocycles. The van der Waals surface area contributed by atoms with Crippen LogP contribution in [0.1, 0.15) is 25.3 Å². The van der Waals surface area contributed by atoms with E-state index in [0.29, 0.717) is 19.1 Å². The number of likely N-dealkylation sites (tertiary alicyclic amines) is 1. The normalized spacial score (nSPS) is 20.2. The van der Waals surface area contributed by atoms with Crippen LogP contribution in [0.25, 0.3) is 0 Å². The Morgan fingerprint density at radius 2 is 1.94 bits per heavy atom. The first-order valence-corrected chi connectivity index (χ1v) is 11.6. The average Bonchev–Trinajstić information content (AvgIpc) is 2.79. The second kappa shape index (κ2) is 10.3. The Hall–Kier alpha value is -2.64. The van der Waals surface area contributed by atoms with Crippen LogP contribution in [0.2, 0.25) is 0 Å². The number of carbonyl (C=O) groups is 1. The third-order valence-electron chi connectivity index (χ3n) is 6.45. The molecule has 0 aromatic heterocycles. The molecule has 0 saturated carbocycles. The van der Waals surface area contributed by atoms with Crippen molar-refractivity contribution in [3.63, 3.8) is 0 Å². The van der Waals surface area contributed by atoms with Gasteiger partial charge in [-0.15, -0.1) is 0 Å². The molecule has 0 aliphatic carbocycles. The molecule has 2 fully saturated rings. The first-order chi connectivity index (χ1) is 15.5. The maximum Gasteiger partial charge on any atom is 0.324 e. The summed E-state index contributed by atoms with van der Waals surface area (Å²) in [5, 5.41) is 6.88. The zero-order valence-electron chi connectivity index (χ0n) is 19.1. The lowest BCUT2D eigenvalue weighted by molar-refractivity contribution is 0.190. The summed E-state index contributed by atoms with van der Waals surface area (Å²) in [4.78, 5) is 19.4. The fourth-order valence-corrected chi connectivity index (χ4v) is 4.71. The number of benzene rings is 2. The molecule has 0 spiro atoms. The monoisotopic (exact) mass is 439 g/mol. The van der Waals surface area contributed by atoms with E-state index < -0.39 is 0 Å². The molecule has 2 aromatic rings. The Kier molecular flexibility index (Phi) is 7.27. The van der Waals surface area contributed by atoms with E-state index >= 15 is 0 Å². The highest BCUT2D eigenvalue weighted by Crippen LogP contribution is 2.24. The molecule has 0 radical (unpaired) electrons. The van der Waals surface area contributed by atoms with Crippen molar-refractivity contribution in [2.75, 3.05) is 50.0 Å². The van der Waals surface area contributed by atoms with Gasteiger partial charge < -0.3 is 15.5 Å². The van der Waals surface area contributed by atoms with Gasteiger partial charge in [0.25, 0.3) is 0 Å². The molecule has 2 saturated heterocycles. The number of hydrogen-bond acceptors (Lipinski definition) is 4. The molecule has 2 amide bonds. The quantitative estimate of drug-likeness (QED) is 0.745. The fourth-order valence-electron chi connectivity index (χ4n) is 4.71. The summed E-state index contributed by atoms with van der Waals surface area (Å²) < 4.78 is 13.4. The molecule has 0 unspecified atom stereocenters. The van der Waals surface area contributed by atoms with Crippen LogP contribution in [-0.2, 0) is 6.54 Å². The van der Waals surface area contributed by atoms with Gasteiger partial charge in [-0.25, -0.2) is 9.18 Å². The number of amides is 2. The zero-order valence-corrected chi connectivity index (χ0v) is 19.1. The minimum absolute atomic E-state index is 0.0373. The number of hydrogen-bond donors (Lipinski definition) is 2. The average molecular weight is 440 g/mol. The van der Waals surface area contributed by atoms with Crippen LogP contribution in [0.4, 0.5) is 20.6 Å². The second-order valence-corrected chi connectivity index (χ2v) is 8.98. The molecule has 1 atom stereocenters. The van der Waals surface area contributed by atoms with E-state index in [4.69, 9.17) is 0 Å². The predicted molar refractivity (Wildman–Crippen MR) is 128 cm³/mol. The Bertz CT molecular complexity index is 915. The van der Waals surface area contributed by atoms with E-state index in [-0.39, 0.29) is 17.9 Å². The summed E-state index contributed by atoms with van der Waals surface area (Å²) in [5.41, 5.74) is 2.95.